The monoisotopic (exact) mass is 417 g/mol. The van der Waals surface area contributed by atoms with Crippen LogP contribution in [-0.4, -0.2) is 34.6 Å². The number of imide groups is 1. The number of fused-ring (bicyclic) bond motifs is 5. The topological polar surface area (TPSA) is 101 Å². The summed E-state index contributed by atoms with van der Waals surface area (Å²) in [6.45, 7) is 3.13. The standard InChI is InChI=1S/C23H19N3O5/c1-12-7-9-15(26(30)31)11-18(12)25-22(28)19-17-10-8-14-5-3-4-6-16(14)24(17)21(13(2)27)20(19)23(25)29/h3-11,17,19-21H,1-2H3/t17-,19-,20-,21-/m0/s1. The van der Waals surface area contributed by atoms with Gasteiger partial charge in [0.15, 0.2) is 5.78 Å². The van der Waals surface area contributed by atoms with Crippen LogP contribution in [0.25, 0.3) is 6.08 Å². The fourth-order valence-electron chi connectivity index (χ4n) is 5.16. The van der Waals surface area contributed by atoms with Crippen LogP contribution in [0.1, 0.15) is 18.1 Å². The molecule has 3 heterocycles. The first kappa shape index (κ1) is 19.2. The van der Waals surface area contributed by atoms with Crippen LogP contribution in [0.15, 0.2) is 48.5 Å². The lowest BCUT2D eigenvalue weighted by molar-refractivity contribution is -0.384. The maximum Gasteiger partial charge on any atom is 0.271 e. The summed E-state index contributed by atoms with van der Waals surface area (Å²) in [6, 6.07) is 10.5. The number of nitrogens with zero attached hydrogens (tertiary/aromatic N) is 3. The number of non-ortho nitro benzene ring substituents is 1. The number of aryl methyl sites for hydroxylation is 1. The Morgan fingerprint density at radius 1 is 1.03 bits per heavy atom. The number of nitro groups is 1. The van der Waals surface area contributed by atoms with Gasteiger partial charge in [-0.2, -0.15) is 0 Å². The van der Waals surface area contributed by atoms with Crippen LogP contribution in [0.5, 0.6) is 0 Å². The molecule has 156 valence electrons. The van der Waals surface area contributed by atoms with Crippen molar-refractivity contribution in [2.24, 2.45) is 11.8 Å². The van der Waals surface area contributed by atoms with Crippen molar-refractivity contribution in [2.75, 3.05) is 9.80 Å². The van der Waals surface area contributed by atoms with Gasteiger partial charge in [-0.3, -0.25) is 24.5 Å². The fourth-order valence-corrected chi connectivity index (χ4v) is 5.16. The zero-order valence-electron chi connectivity index (χ0n) is 16.9. The van der Waals surface area contributed by atoms with Crippen LogP contribution < -0.4 is 9.80 Å². The molecule has 2 saturated heterocycles. The molecule has 0 bridgehead atoms. The third-order valence-electron chi connectivity index (χ3n) is 6.48. The van der Waals surface area contributed by atoms with Gasteiger partial charge in [0.05, 0.1) is 28.5 Å². The van der Waals surface area contributed by atoms with Gasteiger partial charge < -0.3 is 4.90 Å². The summed E-state index contributed by atoms with van der Waals surface area (Å²) in [4.78, 5) is 53.4. The van der Waals surface area contributed by atoms with E-state index in [2.05, 4.69) is 0 Å². The van der Waals surface area contributed by atoms with Gasteiger partial charge in [0, 0.05) is 17.8 Å². The van der Waals surface area contributed by atoms with Crippen molar-refractivity contribution < 1.29 is 19.3 Å². The van der Waals surface area contributed by atoms with Gasteiger partial charge in [-0.1, -0.05) is 36.4 Å². The Hall–Kier alpha value is -3.81. The molecule has 31 heavy (non-hydrogen) atoms. The lowest BCUT2D eigenvalue weighted by atomic mass is 9.88. The molecule has 2 amide bonds. The molecule has 0 saturated carbocycles. The molecule has 3 aliphatic rings. The zero-order valence-corrected chi connectivity index (χ0v) is 16.9. The zero-order chi connectivity index (χ0) is 22.0. The first-order valence-electron chi connectivity index (χ1n) is 10.00. The Balaban J connectivity index is 1.63. The SMILES string of the molecule is CC(=O)[C@H]1[C@H]2C(=O)N(c3cc([N+](=O)[O-])ccc3C)C(=O)[C@H]2[C@@H]2C=Cc3ccccc3N21. The number of hydrogen-bond donors (Lipinski definition) is 0. The number of nitro benzene ring substituents is 1. The predicted octanol–water partition coefficient (Wildman–Crippen LogP) is 2.88. The normalized spacial score (nSPS) is 26.0. The molecule has 0 unspecified atom stereocenters. The lowest BCUT2D eigenvalue weighted by Gasteiger charge is -2.36. The second kappa shape index (κ2) is 6.60. The number of carbonyl (C=O) groups is 3. The second-order valence-corrected chi connectivity index (χ2v) is 8.16. The van der Waals surface area contributed by atoms with Crippen LogP contribution in [0, 0.1) is 28.9 Å². The van der Waals surface area contributed by atoms with E-state index in [9.17, 15) is 24.5 Å². The molecule has 0 N–H and O–H groups in total. The molecule has 2 aromatic carbocycles. The van der Waals surface area contributed by atoms with Gasteiger partial charge >= 0.3 is 0 Å². The second-order valence-electron chi connectivity index (χ2n) is 8.16. The summed E-state index contributed by atoms with van der Waals surface area (Å²) in [5, 5.41) is 11.2. The molecule has 0 radical (unpaired) electrons. The minimum absolute atomic E-state index is 0.193. The van der Waals surface area contributed by atoms with Crippen molar-refractivity contribution in [1.82, 2.24) is 0 Å². The molecule has 0 spiro atoms. The molecule has 8 nitrogen and oxygen atoms in total. The highest BCUT2D eigenvalue weighted by Gasteiger charge is 2.63. The fraction of sp³-hybridized carbons (Fsp3) is 0.261. The van der Waals surface area contributed by atoms with Gasteiger partial charge in [-0.05, 0) is 31.0 Å². The Labute approximate surface area is 177 Å². The minimum atomic E-state index is -0.843. The molecule has 3 aliphatic heterocycles. The van der Waals surface area contributed by atoms with E-state index in [1.807, 2.05) is 41.3 Å². The smallest absolute Gasteiger partial charge is 0.271 e. The van der Waals surface area contributed by atoms with E-state index < -0.39 is 40.7 Å². The molecule has 0 aliphatic carbocycles. The molecule has 2 fully saturated rings. The summed E-state index contributed by atoms with van der Waals surface area (Å²) in [6.07, 6.45) is 3.78. The maximum absolute atomic E-state index is 13.5. The molecule has 4 atom stereocenters. The number of anilines is 2. The van der Waals surface area contributed by atoms with E-state index in [1.54, 1.807) is 6.92 Å². The number of ketones is 1. The Kier molecular flexibility index (Phi) is 4.08. The highest BCUT2D eigenvalue weighted by Crippen LogP contribution is 2.49. The summed E-state index contributed by atoms with van der Waals surface area (Å²) < 4.78 is 0. The third kappa shape index (κ3) is 2.57. The largest absolute Gasteiger partial charge is 0.353 e. The highest BCUT2D eigenvalue weighted by atomic mass is 16.6. The molecule has 2 aromatic rings. The van der Waals surface area contributed by atoms with E-state index in [4.69, 9.17) is 0 Å². The summed E-state index contributed by atoms with van der Waals surface area (Å²) in [5.74, 6) is -2.68. The minimum Gasteiger partial charge on any atom is -0.353 e. The van der Waals surface area contributed by atoms with Gasteiger partial charge in [0.1, 0.15) is 6.04 Å². The van der Waals surface area contributed by atoms with E-state index in [0.717, 1.165) is 16.2 Å². The number of Topliss-reactive ketones (excluding diaryl/α,β-unsaturated/α-hetero) is 1. The number of para-hydroxylation sites is 1. The van der Waals surface area contributed by atoms with Crippen molar-refractivity contribution in [3.8, 4) is 0 Å². The van der Waals surface area contributed by atoms with Crippen LogP contribution >= 0.6 is 0 Å². The first-order valence-corrected chi connectivity index (χ1v) is 10.00. The van der Waals surface area contributed by atoms with E-state index in [0.29, 0.717) is 5.56 Å². The quantitative estimate of drug-likeness (QED) is 0.432. The lowest BCUT2D eigenvalue weighted by Crippen LogP contribution is -2.48. The Morgan fingerprint density at radius 3 is 2.45 bits per heavy atom. The molecule has 8 heteroatoms. The van der Waals surface area contributed by atoms with Gasteiger partial charge in [0.2, 0.25) is 11.8 Å². The summed E-state index contributed by atoms with van der Waals surface area (Å²) in [7, 11) is 0. The molecular weight excluding hydrogens is 398 g/mol. The van der Waals surface area contributed by atoms with Crippen molar-refractivity contribution in [3.05, 3.63) is 69.8 Å². The number of hydrogen-bond acceptors (Lipinski definition) is 6. The van der Waals surface area contributed by atoms with Crippen molar-refractivity contribution >= 4 is 40.7 Å². The Bertz CT molecular complexity index is 1200. The average molecular weight is 417 g/mol. The predicted molar refractivity (Wildman–Crippen MR) is 114 cm³/mol. The van der Waals surface area contributed by atoms with E-state index in [1.165, 1.54) is 25.1 Å². The number of benzene rings is 2. The van der Waals surface area contributed by atoms with Crippen LogP contribution in [0.3, 0.4) is 0 Å². The van der Waals surface area contributed by atoms with Crippen molar-refractivity contribution in [3.63, 3.8) is 0 Å². The summed E-state index contributed by atoms with van der Waals surface area (Å²) in [5.41, 5.74) is 2.33. The number of rotatable bonds is 3. The summed E-state index contributed by atoms with van der Waals surface area (Å²) >= 11 is 0. The van der Waals surface area contributed by atoms with Gasteiger partial charge in [-0.25, -0.2) is 4.90 Å². The molecular formula is C23H19N3O5. The Morgan fingerprint density at radius 2 is 1.74 bits per heavy atom. The maximum atomic E-state index is 13.5. The third-order valence-corrected chi connectivity index (χ3v) is 6.48. The van der Waals surface area contributed by atoms with Crippen molar-refractivity contribution in [1.29, 1.82) is 0 Å². The molecule has 5 rings (SSSR count). The molecule has 0 aromatic heterocycles. The number of amides is 2. The van der Waals surface area contributed by atoms with Crippen LogP contribution in [-0.2, 0) is 14.4 Å². The van der Waals surface area contributed by atoms with Gasteiger partial charge in [-0.15, -0.1) is 0 Å². The van der Waals surface area contributed by atoms with E-state index >= 15 is 0 Å². The van der Waals surface area contributed by atoms with Crippen LogP contribution in [0.4, 0.5) is 17.1 Å². The van der Waals surface area contributed by atoms with Crippen molar-refractivity contribution in [2.45, 2.75) is 25.9 Å². The highest BCUT2D eigenvalue weighted by molar-refractivity contribution is 6.25. The van der Waals surface area contributed by atoms with E-state index in [-0.39, 0.29) is 17.2 Å². The first-order chi connectivity index (χ1) is 14.8. The van der Waals surface area contributed by atoms with Crippen LogP contribution in [0.2, 0.25) is 0 Å². The number of carbonyl (C=O) groups excluding carboxylic acids is 3. The average Bonchev–Trinajstić information content (AvgIpc) is 3.22. The van der Waals surface area contributed by atoms with Gasteiger partial charge in [0.25, 0.3) is 5.69 Å².